The van der Waals surface area contributed by atoms with Gasteiger partial charge in [0.15, 0.2) is 16.3 Å². The molecule has 0 unspecified atom stereocenters. The van der Waals surface area contributed by atoms with Crippen LogP contribution in [0.15, 0.2) is 41.4 Å². The number of thiazole rings is 1. The summed E-state index contributed by atoms with van der Waals surface area (Å²) in [5.74, 6) is -0.735. The second-order valence-corrected chi connectivity index (χ2v) is 8.55. The van der Waals surface area contributed by atoms with Crippen LogP contribution in [0.5, 0.6) is 11.5 Å². The van der Waals surface area contributed by atoms with E-state index in [1.807, 2.05) is 0 Å². The van der Waals surface area contributed by atoms with Crippen LogP contribution < -0.4 is 19.2 Å². The predicted molar refractivity (Wildman–Crippen MR) is 128 cm³/mol. The molecule has 1 aliphatic rings. The van der Waals surface area contributed by atoms with Crippen LogP contribution in [0.3, 0.4) is 0 Å². The Morgan fingerprint density at radius 3 is 2.37 bits per heavy atom. The van der Waals surface area contributed by atoms with E-state index in [-0.39, 0.29) is 48.2 Å². The maximum absolute atomic E-state index is 13.1. The summed E-state index contributed by atoms with van der Waals surface area (Å²) >= 11 is 1.20. The summed E-state index contributed by atoms with van der Waals surface area (Å²) in [7, 11) is 3.02. The van der Waals surface area contributed by atoms with Crippen LogP contribution in [0, 0.1) is 0 Å². The summed E-state index contributed by atoms with van der Waals surface area (Å²) in [5.41, 5.74) is 1.14. The van der Waals surface area contributed by atoms with Gasteiger partial charge in [-0.15, -0.1) is 0 Å². The summed E-state index contributed by atoms with van der Waals surface area (Å²) in [6.45, 7) is 1.76. The fourth-order valence-electron chi connectivity index (χ4n) is 3.76. The van der Waals surface area contributed by atoms with Gasteiger partial charge in [0.05, 0.1) is 36.7 Å². The number of benzene rings is 2. The number of ether oxygens (including phenoxy) is 3. The van der Waals surface area contributed by atoms with Gasteiger partial charge in [0.2, 0.25) is 11.8 Å². The van der Waals surface area contributed by atoms with Gasteiger partial charge >= 0.3 is 5.97 Å². The molecule has 0 aliphatic carbocycles. The van der Waals surface area contributed by atoms with Crippen LogP contribution >= 0.6 is 11.3 Å². The number of esters is 1. The highest BCUT2D eigenvalue weighted by Gasteiger charge is 2.30. The normalized spacial score (nSPS) is 14.0. The average molecular weight is 498 g/mol. The molecule has 0 N–H and O–H groups in total. The molecule has 1 aromatic heterocycles. The van der Waals surface area contributed by atoms with E-state index in [2.05, 4.69) is 4.99 Å². The number of carbonyl (C=O) groups is 4. The second-order valence-electron chi connectivity index (χ2n) is 7.54. The Morgan fingerprint density at radius 2 is 1.71 bits per heavy atom. The standard InChI is InChI=1S/C24H23N3O7S/c1-4-34-22(30)13-26-16-11-17(32-2)18(33-3)12-19(16)35-24(26)25-23(31)14-6-5-7-15(10-14)27-20(28)8-9-21(27)29/h5-7,10-12H,4,8-9,13H2,1-3H3. The van der Waals surface area contributed by atoms with Crippen molar-refractivity contribution in [3.05, 3.63) is 46.8 Å². The molecular formula is C24H23N3O7S. The zero-order valence-electron chi connectivity index (χ0n) is 19.4. The average Bonchev–Trinajstić information content (AvgIpc) is 3.36. The SMILES string of the molecule is CCOC(=O)Cn1c(=NC(=O)c2cccc(N3C(=O)CCC3=O)c2)sc2cc(OC)c(OC)cc21. The Kier molecular flexibility index (Phi) is 6.97. The molecule has 3 amide bonds. The monoisotopic (exact) mass is 497 g/mol. The summed E-state index contributed by atoms with van der Waals surface area (Å²) in [6, 6.07) is 9.65. The number of aromatic nitrogens is 1. The number of nitrogens with zero attached hydrogens (tertiary/aromatic N) is 3. The van der Waals surface area contributed by atoms with E-state index >= 15 is 0 Å². The van der Waals surface area contributed by atoms with Crippen molar-refractivity contribution in [3.63, 3.8) is 0 Å². The molecule has 10 nitrogen and oxygen atoms in total. The minimum atomic E-state index is -0.589. The van der Waals surface area contributed by atoms with Gasteiger partial charge in [-0.3, -0.25) is 24.1 Å². The lowest BCUT2D eigenvalue weighted by molar-refractivity contribution is -0.143. The number of fused-ring (bicyclic) bond motifs is 1. The van der Waals surface area contributed by atoms with E-state index in [4.69, 9.17) is 14.2 Å². The van der Waals surface area contributed by atoms with E-state index in [9.17, 15) is 19.2 Å². The van der Waals surface area contributed by atoms with Gasteiger partial charge in [0.1, 0.15) is 6.54 Å². The van der Waals surface area contributed by atoms with E-state index in [0.717, 1.165) is 9.60 Å². The number of hydrogen-bond acceptors (Lipinski definition) is 8. The highest BCUT2D eigenvalue weighted by atomic mass is 32.1. The molecule has 11 heteroatoms. The third-order valence-corrected chi connectivity index (χ3v) is 6.42. The molecule has 35 heavy (non-hydrogen) atoms. The number of amides is 3. The zero-order chi connectivity index (χ0) is 25.1. The van der Waals surface area contributed by atoms with E-state index in [1.165, 1.54) is 31.6 Å². The van der Waals surface area contributed by atoms with Gasteiger partial charge in [-0.2, -0.15) is 4.99 Å². The van der Waals surface area contributed by atoms with Crippen molar-refractivity contribution in [2.24, 2.45) is 4.99 Å². The van der Waals surface area contributed by atoms with Crippen molar-refractivity contribution in [2.45, 2.75) is 26.3 Å². The third-order valence-electron chi connectivity index (χ3n) is 5.38. The van der Waals surface area contributed by atoms with Crippen molar-refractivity contribution in [1.82, 2.24) is 4.57 Å². The quantitative estimate of drug-likeness (QED) is 0.364. The first-order chi connectivity index (χ1) is 16.9. The summed E-state index contributed by atoms with van der Waals surface area (Å²) in [5, 5.41) is 0. The fraction of sp³-hybridized carbons (Fsp3) is 0.292. The number of carbonyl (C=O) groups excluding carboxylic acids is 4. The molecule has 1 aliphatic heterocycles. The van der Waals surface area contributed by atoms with Gasteiger partial charge < -0.3 is 18.8 Å². The van der Waals surface area contributed by atoms with E-state index in [0.29, 0.717) is 22.7 Å². The lowest BCUT2D eigenvalue weighted by Crippen LogP contribution is -2.28. The summed E-state index contributed by atoms with van der Waals surface area (Å²) in [6.07, 6.45) is 0.286. The Balaban J connectivity index is 1.80. The topological polar surface area (TPSA) is 116 Å². The zero-order valence-corrected chi connectivity index (χ0v) is 20.2. The minimum absolute atomic E-state index is 0.143. The van der Waals surface area contributed by atoms with Crippen molar-refractivity contribution >= 4 is 50.9 Å². The number of methoxy groups -OCH3 is 2. The maximum atomic E-state index is 13.1. The van der Waals surface area contributed by atoms with Gasteiger partial charge in [-0.05, 0) is 25.1 Å². The third kappa shape index (κ3) is 4.80. The first-order valence-electron chi connectivity index (χ1n) is 10.8. The van der Waals surface area contributed by atoms with Crippen molar-refractivity contribution in [1.29, 1.82) is 0 Å². The lowest BCUT2D eigenvalue weighted by atomic mass is 10.2. The number of imide groups is 1. The van der Waals surface area contributed by atoms with Crippen molar-refractivity contribution in [3.8, 4) is 11.5 Å². The first-order valence-corrected chi connectivity index (χ1v) is 11.6. The predicted octanol–water partition coefficient (Wildman–Crippen LogP) is 2.68. The molecule has 0 saturated carbocycles. The van der Waals surface area contributed by atoms with E-state index in [1.54, 1.807) is 41.8 Å². The molecule has 0 atom stereocenters. The number of hydrogen-bond donors (Lipinski definition) is 0. The molecule has 0 spiro atoms. The molecule has 1 fully saturated rings. The molecule has 2 heterocycles. The molecule has 4 rings (SSSR count). The van der Waals surface area contributed by atoms with Crippen LogP contribution in [0.4, 0.5) is 5.69 Å². The Bertz CT molecular complexity index is 1390. The lowest BCUT2D eigenvalue weighted by Gasteiger charge is -2.14. The van der Waals surface area contributed by atoms with Crippen LogP contribution in [-0.2, 0) is 25.7 Å². The fourth-order valence-corrected chi connectivity index (χ4v) is 4.80. The Labute approximate surface area is 204 Å². The van der Waals surface area contributed by atoms with Crippen LogP contribution in [0.1, 0.15) is 30.1 Å². The molecule has 2 aromatic carbocycles. The highest BCUT2D eigenvalue weighted by molar-refractivity contribution is 7.16. The van der Waals surface area contributed by atoms with Crippen LogP contribution in [0.2, 0.25) is 0 Å². The van der Waals surface area contributed by atoms with Gasteiger partial charge in [-0.25, -0.2) is 0 Å². The minimum Gasteiger partial charge on any atom is -0.493 e. The van der Waals surface area contributed by atoms with Crippen molar-refractivity contribution < 1.29 is 33.4 Å². The van der Waals surface area contributed by atoms with E-state index < -0.39 is 11.9 Å². The highest BCUT2D eigenvalue weighted by Crippen LogP contribution is 2.33. The number of anilines is 1. The Morgan fingerprint density at radius 1 is 1.03 bits per heavy atom. The van der Waals surface area contributed by atoms with Gasteiger partial charge in [0.25, 0.3) is 5.91 Å². The summed E-state index contributed by atoms with van der Waals surface area (Å²) in [4.78, 5) is 55.2. The van der Waals surface area contributed by atoms with Crippen molar-refractivity contribution in [2.75, 3.05) is 25.7 Å². The second kappa shape index (κ2) is 10.1. The van der Waals surface area contributed by atoms with Gasteiger partial charge in [-0.1, -0.05) is 17.4 Å². The molecule has 3 aromatic rings. The molecule has 0 bridgehead atoms. The van der Waals surface area contributed by atoms with Crippen LogP contribution in [-0.4, -0.2) is 49.1 Å². The molecule has 1 saturated heterocycles. The Hall–Kier alpha value is -3.99. The molecular weight excluding hydrogens is 474 g/mol. The van der Waals surface area contributed by atoms with Crippen LogP contribution in [0.25, 0.3) is 10.2 Å². The molecule has 182 valence electrons. The first kappa shape index (κ1) is 24.1. The van der Waals surface area contributed by atoms with Gasteiger partial charge in [0, 0.05) is 30.5 Å². The number of rotatable bonds is 7. The largest absolute Gasteiger partial charge is 0.493 e. The summed E-state index contributed by atoms with van der Waals surface area (Å²) < 4.78 is 18.1. The molecule has 0 radical (unpaired) electrons. The maximum Gasteiger partial charge on any atom is 0.326 e. The smallest absolute Gasteiger partial charge is 0.326 e.